The standard InChI is InChI=1S/C16H16F3N5/c1-2-9-21-14-13(16(17,18)19)10-22-15(24-14)23-12-5-3-11(4-6-12)7-8-20/h1,3-6,10H,7-9,20H2,(H2,21,22,23,24). The van der Waals surface area contributed by atoms with Crippen LogP contribution in [0.4, 0.5) is 30.6 Å². The molecule has 0 saturated heterocycles. The van der Waals surface area contributed by atoms with Crippen molar-refractivity contribution in [2.75, 3.05) is 23.7 Å². The van der Waals surface area contributed by atoms with E-state index in [1.54, 1.807) is 12.1 Å². The molecule has 0 aliphatic rings. The lowest BCUT2D eigenvalue weighted by molar-refractivity contribution is -0.137. The molecule has 8 heteroatoms. The predicted octanol–water partition coefficient (Wildman–Crippen LogP) is 2.79. The predicted molar refractivity (Wildman–Crippen MR) is 86.8 cm³/mol. The number of aromatic nitrogens is 2. The average molecular weight is 335 g/mol. The number of anilines is 3. The lowest BCUT2D eigenvalue weighted by Crippen LogP contribution is -2.14. The molecule has 0 aliphatic heterocycles. The summed E-state index contributed by atoms with van der Waals surface area (Å²) in [5.74, 6) is 1.89. The number of terminal acetylenes is 1. The highest BCUT2D eigenvalue weighted by molar-refractivity contribution is 5.57. The van der Waals surface area contributed by atoms with Gasteiger partial charge in [0.15, 0.2) is 0 Å². The summed E-state index contributed by atoms with van der Waals surface area (Å²) in [4.78, 5) is 7.58. The summed E-state index contributed by atoms with van der Waals surface area (Å²) in [5, 5.41) is 5.32. The molecule has 2 aromatic rings. The molecule has 0 radical (unpaired) electrons. The van der Waals surface area contributed by atoms with Gasteiger partial charge in [0.1, 0.15) is 11.4 Å². The molecule has 0 spiro atoms. The molecule has 126 valence electrons. The molecule has 0 bridgehead atoms. The zero-order valence-corrected chi connectivity index (χ0v) is 12.7. The largest absolute Gasteiger partial charge is 0.421 e. The van der Waals surface area contributed by atoms with Gasteiger partial charge in [-0.1, -0.05) is 18.1 Å². The van der Waals surface area contributed by atoms with Crippen LogP contribution in [-0.4, -0.2) is 23.1 Å². The number of nitrogens with two attached hydrogens (primary N) is 1. The van der Waals surface area contributed by atoms with E-state index in [2.05, 4.69) is 26.5 Å². The Kier molecular flexibility index (Phi) is 5.60. The summed E-state index contributed by atoms with van der Waals surface area (Å²) < 4.78 is 38.8. The van der Waals surface area contributed by atoms with Crippen LogP contribution in [0.15, 0.2) is 30.5 Å². The third kappa shape index (κ3) is 4.60. The molecule has 0 atom stereocenters. The van der Waals surface area contributed by atoms with Crippen molar-refractivity contribution >= 4 is 17.5 Å². The van der Waals surface area contributed by atoms with Crippen LogP contribution in [0.1, 0.15) is 11.1 Å². The average Bonchev–Trinajstić information content (AvgIpc) is 2.54. The van der Waals surface area contributed by atoms with E-state index in [0.29, 0.717) is 12.2 Å². The lowest BCUT2D eigenvalue weighted by Gasteiger charge is -2.13. The second kappa shape index (κ2) is 7.66. The number of nitrogens with zero attached hydrogens (tertiary/aromatic N) is 2. The molecule has 1 aromatic carbocycles. The van der Waals surface area contributed by atoms with E-state index < -0.39 is 11.7 Å². The molecule has 0 fully saturated rings. The maximum absolute atomic E-state index is 12.9. The lowest BCUT2D eigenvalue weighted by atomic mass is 10.1. The van der Waals surface area contributed by atoms with Gasteiger partial charge >= 0.3 is 6.18 Å². The highest BCUT2D eigenvalue weighted by Gasteiger charge is 2.35. The summed E-state index contributed by atoms with van der Waals surface area (Å²) in [5.41, 5.74) is 6.22. The third-order valence-electron chi connectivity index (χ3n) is 3.10. The van der Waals surface area contributed by atoms with Crippen molar-refractivity contribution in [3.05, 3.63) is 41.6 Å². The van der Waals surface area contributed by atoms with E-state index in [0.717, 1.165) is 18.2 Å². The SMILES string of the molecule is C#CCNc1nc(Nc2ccc(CCN)cc2)ncc1C(F)(F)F. The Morgan fingerprint density at radius 3 is 2.50 bits per heavy atom. The topological polar surface area (TPSA) is 75.9 Å². The fourth-order valence-electron chi connectivity index (χ4n) is 1.97. The monoisotopic (exact) mass is 335 g/mol. The van der Waals surface area contributed by atoms with E-state index in [-0.39, 0.29) is 18.3 Å². The van der Waals surface area contributed by atoms with Crippen molar-refractivity contribution in [2.24, 2.45) is 5.73 Å². The van der Waals surface area contributed by atoms with Crippen LogP contribution in [0, 0.1) is 12.3 Å². The molecule has 0 saturated carbocycles. The Morgan fingerprint density at radius 1 is 1.21 bits per heavy atom. The van der Waals surface area contributed by atoms with E-state index in [1.807, 2.05) is 12.1 Å². The summed E-state index contributed by atoms with van der Waals surface area (Å²) in [7, 11) is 0. The number of alkyl halides is 3. The van der Waals surface area contributed by atoms with Gasteiger partial charge in [-0.25, -0.2) is 4.98 Å². The number of halogens is 3. The first kappa shape index (κ1) is 17.6. The molecular weight excluding hydrogens is 319 g/mol. The number of nitrogens with one attached hydrogen (secondary N) is 2. The van der Waals surface area contributed by atoms with Gasteiger partial charge in [0.2, 0.25) is 5.95 Å². The molecule has 2 rings (SSSR count). The summed E-state index contributed by atoms with van der Waals surface area (Å²) in [6.07, 6.45) is 1.97. The van der Waals surface area contributed by atoms with Crippen LogP contribution in [0.2, 0.25) is 0 Å². The molecule has 0 aliphatic carbocycles. The zero-order valence-electron chi connectivity index (χ0n) is 12.7. The van der Waals surface area contributed by atoms with Gasteiger partial charge in [0.05, 0.1) is 6.54 Å². The molecule has 1 heterocycles. The minimum absolute atomic E-state index is 0.0362. The number of rotatable bonds is 6. The Labute approximate surface area is 137 Å². The molecule has 5 nitrogen and oxygen atoms in total. The van der Waals surface area contributed by atoms with Crippen LogP contribution in [0.3, 0.4) is 0 Å². The van der Waals surface area contributed by atoms with Gasteiger partial charge in [0.25, 0.3) is 0 Å². The Balaban J connectivity index is 2.22. The molecule has 4 N–H and O–H groups in total. The zero-order chi connectivity index (χ0) is 17.6. The van der Waals surface area contributed by atoms with Gasteiger partial charge < -0.3 is 16.4 Å². The highest BCUT2D eigenvalue weighted by atomic mass is 19.4. The Morgan fingerprint density at radius 2 is 1.92 bits per heavy atom. The van der Waals surface area contributed by atoms with Crippen molar-refractivity contribution in [2.45, 2.75) is 12.6 Å². The fraction of sp³-hybridized carbons (Fsp3) is 0.250. The van der Waals surface area contributed by atoms with Crippen LogP contribution in [0.25, 0.3) is 0 Å². The number of hydrogen-bond acceptors (Lipinski definition) is 5. The van der Waals surface area contributed by atoms with Gasteiger partial charge in [-0.3, -0.25) is 0 Å². The van der Waals surface area contributed by atoms with E-state index in [9.17, 15) is 13.2 Å². The second-order valence-corrected chi connectivity index (χ2v) is 4.87. The van der Waals surface area contributed by atoms with Gasteiger partial charge in [-0.05, 0) is 30.7 Å². The summed E-state index contributed by atoms with van der Waals surface area (Å²) in [6, 6.07) is 7.30. The second-order valence-electron chi connectivity index (χ2n) is 4.87. The first-order chi connectivity index (χ1) is 11.4. The van der Waals surface area contributed by atoms with Crippen molar-refractivity contribution in [3.63, 3.8) is 0 Å². The molecule has 0 amide bonds. The molecule has 0 unspecified atom stereocenters. The first-order valence-corrected chi connectivity index (χ1v) is 7.11. The normalized spacial score (nSPS) is 11.0. The van der Waals surface area contributed by atoms with E-state index >= 15 is 0 Å². The van der Waals surface area contributed by atoms with Gasteiger partial charge in [-0.15, -0.1) is 6.42 Å². The quantitative estimate of drug-likeness (QED) is 0.708. The van der Waals surface area contributed by atoms with Crippen LogP contribution < -0.4 is 16.4 Å². The van der Waals surface area contributed by atoms with E-state index in [4.69, 9.17) is 12.2 Å². The summed E-state index contributed by atoms with van der Waals surface area (Å²) in [6.45, 7) is 0.465. The fourth-order valence-corrected chi connectivity index (χ4v) is 1.97. The smallest absolute Gasteiger partial charge is 0.358 e. The van der Waals surface area contributed by atoms with Crippen LogP contribution in [-0.2, 0) is 12.6 Å². The maximum atomic E-state index is 12.9. The third-order valence-corrected chi connectivity index (χ3v) is 3.10. The van der Waals surface area contributed by atoms with Gasteiger partial charge in [0, 0.05) is 11.9 Å². The van der Waals surface area contributed by atoms with Crippen molar-refractivity contribution in [3.8, 4) is 12.3 Å². The van der Waals surface area contributed by atoms with Crippen molar-refractivity contribution in [1.82, 2.24) is 9.97 Å². The molecule has 24 heavy (non-hydrogen) atoms. The number of benzene rings is 1. The maximum Gasteiger partial charge on any atom is 0.421 e. The first-order valence-electron chi connectivity index (χ1n) is 7.11. The summed E-state index contributed by atoms with van der Waals surface area (Å²) >= 11 is 0. The van der Waals surface area contributed by atoms with Crippen molar-refractivity contribution < 1.29 is 13.2 Å². The molecule has 1 aromatic heterocycles. The Hall–Kier alpha value is -2.79. The highest BCUT2D eigenvalue weighted by Crippen LogP contribution is 2.34. The van der Waals surface area contributed by atoms with Crippen LogP contribution in [0.5, 0.6) is 0 Å². The van der Waals surface area contributed by atoms with Gasteiger partial charge in [-0.2, -0.15) is 18.2 Å². The number of hydrogen-bond donors (Lipinski definition) is 3. The Bertz CT molecular complexity index is 720. The molecular formula is C16H16F3N5. The van der Waals surface area contributed by atoms with Crippen molar-refractivity contribution in [1.29, 1.82) is 0 Å². The minimum Gasteiger partial charge on any atom is -0.358 e. The van der Waals surface area contributed by atoms with Crippen LogP contribution >= 0.6 is 0 Å². The minimum atomic E-state index is -4.57. The van der Waals surface area contributed by atoms with E-state index in [1.165, 1.54) is 0 Å².